The Balaban J connectivity index is 2.64. The smallest absolute Gasteiger partial charge is 0.326 e. The van der Waals surface area contributed by atoms with E-state index < -0.39 is 28.1 Å². The molecule has 0 saturated carbocycles. The van der Waals surface area contributed by atoms with Crippen LogP contribution in [0.15, 0.2) is 39.9 Å². The lowest BCUT2D eigenvalue weighted by Crippen LogP contribution is -2.39. The van der Waals surface area contributed by atoms with Gasteiger partial charge in [-0.25, -0.2) is 4.79 Å². The third-order valence-electron chi connectivity index (χ3n) is 3.85. The second-order valence-electron chi connectivity index (χ2n) is 5.24. The van der Waals surface area contributed by atoms with Crippen LogP contribution in [0.1, 0.15) is 13.0 Å². The van der Waals surface area contributed by atoms with Crippen molar-refractivity contribution in [1.29, 1.82) is 0 Å². The van der Waals surface area contributed by atoms with Gasteiger partial charge < -0.3 is 10.1 Å². The number of rotatable bonds is 3. The van der Waals surface area contributed by atoms with E-state index in [4.69, 9.17) is 0 Å². The van der Waals surface area contributed by atoms with E-state index >= 15 is 0 Å². The molecule has 0 amide bonds. The number of fused-ring (bicyclic) bond motifs is 3. The SMILES string of the molecule is CC(C(=O)O)n1c(=O)c(=O)[nH]c2c3ccccc3c([N+](=O)[O-])cc21. The average Bonchev–Trinajstić information content (AvgIpc) is 2.54. The minimum absolute atomic E-state index is 0.0140. The Bertz CT molecular complexity index is 1130. The third-order valence-corrected chi connectivity index (χ3v) is 3.85. The fourth-order valence-electron chi connectivity index (χ4n) is 2.70. The Hall–Kier alpha value is -3.49. The maximum Gasteiger partial charge on any atom is 0.326 e. The maximum absolute atomic E-state index is 12.1. The molecule has 1 aromatic heterocycles. The highest BCUT2D eigenvalue weighted by Gasteiger charge is 2.23. The summed E-state index contributed by atoms with van der Waals surface area (Å²) in [6.07, 6.45) is 0. The van der Waals surface area contributed by atoms with Crippen LogP contribution in [0.5, 0.6) is 0 Å². The second kappa shape index (κ2) is 5.30. The van der Waals surface area contributed by atoms with Crippen molar-refractivity contribution in [3.63, 3.8) is 0 Å². The number of nitrogens with zero attached hydrogens (tertiary/aromatic N) is 2. The number of benzene rings is 2. The van der Waals surface area contributed by atoms with Crippen LogP contribution in [-0.2, 0) is 4.79 Å². The number of non-ortho nitro benzene ring substituents is 1. The number of aromatic amines is 1. The van der Waals surface area contributed by atoms with Crippen molar-refractivity contribution in [2.24, 2.45) is 0 Å². The van der Waals surface area contributed by atoms with Gasteiger partial charge in [0.05, 0.1) is 21.3 Å². The second-order valence-corrected chi connectivity index (χ2v) is 5.24. The molecular formula is C15H11N3O6. The first kappa shape index (κ1) is 15.4. The fourth-order valence-corrected chi connectivity index (χ4v) is 2.70. The average molecular weight is 329 g/mol. The van der Waals surface area contributed by atoms with Crippen molar-refractivity contribution in [2.75, 3.05) is 0 Å². The van der Waals surface area contributed by atoms with Crippen LogP contribution in [0.2, 0.25) is 0 Å². The molecule has 0 bridgehead atoms. The van der Waals surface area contributed by atoms with Crippen molar-refractivity contribution in [3.8, 4) is 0 Å². The Morgan fingerprint density at radius 2 is 1.92 bits per heavy atom. The van der Waals surface area contributed by atoms with Gasteiger partial charge in [0.25, 0.3) is 5.69 Å². The molecule has 0 aliphatic carbocycles. The van der Waals surface area contributed by atoms with Crippen LogP contribution in [-0.4, -0.2) is 25.6 Å². The number of nitro benzene ring substituents is 1. The lowest BCUT2D eigenvalue weighted by molar-refractivity contribution is -0.383. The van der Waals surface area contributed by atoms with E-state index in [1.165, 1.54) is 13.0 Å². The number of H-pyrrole nitrogens is 1. The molecule has 9 heteroatoms. The van der Waals surface area contributed by atoms with Crippen LogP contribution in [0.25, 0.3) is 21.8 Å². The van der Waals surface area contributed by atoms with Gasteiger partial charge in [-0.3, -0.25) is 24.3 Å². The summed E-state index contributed by atoms with van der Waals surface area (Å²) in [6, 6.07) is 6.05. The van der Waals surface area contributed by atoms with Gasteiger partial charge in [0, 0.05) is 11.5 Å². The van der Waals surface area contributed by atoms with E-state index in [0.29, 0.717) is 5.39 Å². The largest absolute Gasteiger partial charge is 0.480 e. The van der Waals surface area contributed by atoms with Gasteiger partial charge in [0.1, 0.15) is 6.04 Å². The number of nitro groups is 1. The Kier molecular flexibility index (Phi) is 3.40. The van der Waals surface area contributed by atoms with Crippen LogP contribution in [0, 0.1) is 10.1 Å². The number of nitrogens with one attached hydrogen (secondary N) is 1. The summed E-state index contributed by atoms with van der Waals surface area (Å²) in [4.78, 5) is 48.5. The highest BCUT2D eigenvalue weighted by atomic mass is 16.6. The Morgan fingerprint density at radius 1 is 1.29 bits per heavy atom. The van der Waals surface area contributed by atoms with E-state index in [0.717, 1.165) is 10.6 Å². The number of carboxylic acids is 1. The van der Waals surface area contributed by atoms with E-state index in [9.17, 15) is 29.6 Å². The molecule has 122 valence electrons. The summed E-state index contributed by atoms with van der Waals surface area (Å²) >= 11 is 0. The standard InChI is InChI=1S/C15H11N3O6/c1-7(15(21)22)17-11-6-10(18(23)24)8-4-2-3-5-9(8)12(11)16-13(19)14(17)20/h2-7H,1H3,(H,16,19)(H,21,22). The van der Waals surface area contributed by atoms with Crippen molar-refractivity contribution in [3.05, 3.63) is 61.2 Å². The molecule has 3 aromatic rings. The van der Waals surface area contributed by atoms with Gasteiger partial charge in [-0.05, 0) is 13.0 Å². The van der Waals surface area contributed by atoms with Crippen molar-refractivity contribution in [2.45, 2.75) is 13.0 Å². The molecule has 1 unspecified atom stereocenters. The third kappa shape index (κ3) is 2.14. The molecule has 0 radical (unpaired) electrons. The molecule has 0 aliphatic rings. The highest BCUT2D eigenvalue weighted by Crippen LogP contribution is 2.31. The molecule has 0 fully saturated rings. The predicted molar refractivity (Wildman–Crippen MR) is 85.3 cm³/mol. The summed E-state index contributed by atoms with van der Waals surface area (Å²) in [6.45, 7) is 1.23. The molecule has 0 spiro atoms. The lowest BCUT2D eigenvalue weighted by atomic mass is 10.1. The van der Waals surface area contributed by atoms with Crippen molar-refractivity contribution >= 4 is 33.5 Å². The first-order chi connectivity index (χ1) is 11.3. The number of hydrogen-bond donors (Lipinski definition) is 2. The monoisotopic (exact) mass is 329 g/mol. The van der Waals surface area contributed by atoms with Crippen LogP contribution in [0.4, 0.5) is 5.69 Å². The lowest BCUT2D eigenvalue weighted by Gasteiger charge is -2.14. The molecule has 2 aromatic carbocycles. The fraction of sp³-hybridized carbons (Fsp3) is 0.133. The minimum Gasteiger partial charge on any atom is -0.480 e. The maximum atomic E-state index is 12.1. The van der Waals surface area contributed by atoms with Crippen LogP contribution < -0.4 is 11.1 Å². The topological polar surface area (TPSA) is 135 Å². The summed E-state index contributed by atoms with van der Waals surface area (Å²) in [7, 11) is 0. The van der Waals surface area contributed by atoms with E-state index in [2.05, 4.69) is 4.98 Å². The van der Waals surface area contributed by atoms with E-state index in [1.54, 1.807) is 18.2 Å². The van der Waals surface area contributed by atoms with Gasteiger partial charge in [0.15, 0.2) is 0 Å². The Morgan fingerprint density at radius 3 is 2.50 bits per heavy atom. The van der Waals surface area contributed by atoms with Gasteiger partial charge >= 0.3 is 17.1 Å². The van der Waals surface area contributed by atoms with Crippen molar-refractivity contribution < 1.29 is 14.8 Å². The molecule has 9 nitrogen and oxygen atoms in total. The summed E-state index contributed by atoms with van der Waals surface area (Å²) < 4.78 is 0.760. The number of carboxylic acid groups (broad SMARTS) is 1. The molecule has 0 aliphatic heterocycles. The molecule has 2 N–H and O–H groups in total. The molecule has 1 heterocycles. The minimum atomic E-state index is -1.36. The molecule has 0 saturated heterocycles. The quantitative estimate of drug-likeness (QED) is 0.323. The summed E-state index contributed by atoms with van der Waals surface area (Å²) in [5, 5.41) is 21.2. The molecular weight excluding hydrogens is 318 g/mol. The zero-order valence-corrected chi connectivity index (χ0v) is 12.3. The van der Waals surface area contributed by atoms with E-state index in [-0.39, 0.29) is 22.1 Å². The zero-order valence-electron chi connectivity index (χ0n) is 12.3. The first-order valence-electron chi connectivity index (χ1n) is 6.90. The highest BCUT2D eigenvalue weighted by molar-refractivity contribution is 6.08. The number of hydrogen-bond acceptors (Lipinski definition) is 5. The molecule has 24 heavy (non-hydrogen) atoms. The molecule has 1 atom stereocenters. The molecule has 3 rings (SSSR count). The normalized spacial score (nSPS) is 12.4. The summed E-state index contributed by atoms with van der Waals surface area (Å²) in [5.74, 6) is -1.33. The van der Waals surface area contributed by atoms with Crippen molar-refractivity contribution in [1.82, 2.24) is 9.55 Å². The Labute approximate surface area is 132 Å². The van der Waals surface area contributed by atoms with Gasteiger partial charge in [-0.2, -0.15) is 0 Å². The van der Waals surface area contributed by atoms with Crippen LogP contribution in [0.3, 0.4) is 0 Å². The summed E-state index contributed by atoms with van der Waals surface area (Å²) in [5.41, 5.74) is -2.19. The van der Waals surface area contributed by atoms with Gasteiger partial charge in [-0.1, -0.05) is 18.2 Å². The van der Waals surface area contributed by atoms with Gasteiger partial charge in [-0.15, -0.1) is 0 Å². The van der Waals surface area contributed by atoms with Crippen LogP contribution >= 0.6 is 0 Å². The van der Waals surface area contributed by atoms with E-state index in [1.807, 2.05) is 0 Å². The number of aromatic nitrogens is 2. The number of aliphatic carboxylic acids is 1. The van der Waals surface area contributed by atoms with Gasteiger partial charge in [0.2, 0.25) is 0 Å². The predicted octanol–water partition coefficient (Wildman–Crippen LogP) is 1.40. The zero-order chi connectivity index (χ0) is 17.6. The number of carbonyl (C=O) groups is 1. The first-order valence-corrected chi connectivity index (χ1v) is 6.90.